The Bertz CT molecular complexity index is 2010. The van der Waals surface area contributed by atoms with Gasteiger partial charge in [0.25, 0.3) is 12.0 Å². The molecule has 0 spiro atoms. The summed E-state index contributed by atoms with van der Waals surface area (Å²) >= 11 is 0. The highest BCUT2D eigenvalue weighted by Crippen LogP contribution is 2.45. The molecule has 7 rings (SSSR count). The van der Waals surface area contributed by atoms with Crippen molar-refractivity contribution in [3.63, 3.8) is 0 Å². The number of rotatable bonds is 8. The Morgan fingerprint density at radius 3 is 2.63 bits per heavy atom. The first-order chi connectivity index (χ1) is 25.5. The summed E-state index contributed by atoms with van der Waals surface area (Å²) in [5.74, 6) is -1.39. The standard InChI is InChI=1S/C36H42F5N9O4/c1-19-26-16-48(7-5-9-50(26)46-30(19)33(52)47(2)3)32-24-17-53-27(22-11-21(42)12-23(31(43)51)29(22)36(39,40)41)13-25(24)44-34(45-32)54-18-35-6-4-8-49(35)15-20(14-35)10-28(37)38/h10-12,20,27H,4-9,13-18,42H2,1-3H3,(H2,43,51)/t20-,27?,35+/m0/s1. The monoisotopic (exact) mass is 759 g/mol. The maximum absolute atomic E-state index is 14.5. The van der Waals surface area contributed by atoms with Crippen molar-refractivity contribution in [1.29, 1.82) is 0 Å². The summed E-state index contributed by atoms with van der Waals surface area (Å²) in [5, 5.41) is 4.62. The van der Waals surface area contributed by atoms with E-state index in [0.717, 1.165) is 48.9 Å². The average Bonchev–Trinajstić information content (AvgIpc) is 3.68. The Labute approximate surface area is 308 Å². The van der Waals surface area contributed by atoms with Gasteiger partial charge in [-0.3, -0.25) is 19.2 Å². The van der Waals surface area contributed by atoms with Crippen molar-refractivity contribution in [2.24, 2.45) is 11.7 Å². The predicted octanol–water partition coefficient (Wildman–Crippen LogP) is 4.62. The third-order valence-corrected chi connectivity index (χ3v) is 11.0. The topological polar surface area (TPSA) is 158 Å². The molecule has 3 atom stereocenters. The number of carbonyl (C=O) groups excluding carboxylic acids is 2. The molecule has 290 valence electrons. The number of nitrogens with two attached hydrogens (primary N) is 2. The normalized spacial score (nSPS) is 22.6. The molecule has 2 saturated heterocycles. The van der Waals surface area contributed by atoms with Crippen molar-refractivity contribution in [3.05, 3.63) is 69.2 Å². The van der Waals surface area contributed by atoms with Crippen LogP contribution in [0.1, 0.15) is 86.3 Å². The van der Waals surface area contributed by atoms with Crippen molar-refractivity contribution < 1.29 is 41.0 Å². The summed E-state index contributed by atoms with van der Waals surface area (Å²) in [4.78, 5) is 40.3. The Kier molecular flexibility index (Phi) is 9.78. The van der Waals surface area contributed by atoms with Crippen molar-refractivity contribution in [1.82, 2.24) is 29.5 Å². The smallest absolute Gasteiger partial charge is 0.417 e. The van der Waals surface area contributed by atoms with E-state index in [9.17, 15) is 31.5 Å². The number of hydrogen-bond acceptors (Lipinski definition) is 10. The number of benzene rings is 1. The third kappa shape index (κ3) is 6.96. The maximum Gasteiger partial charge on any atom is 0.417 e. The van der Waals surface area contributed by atoms with Crippen LogP contribution in [0.15, 0.2) is 24.3 Å². The molecule has 18 heteroatoms. The average molecular weight is 760 g/mol. The lowest BCUT2D eigenvalue weighted by molar-refractivity contribution is -0.140. The van der Waals surface area contributed by atoms with Crippen molar-refractivity contribution >= 4 is 23.3 Å². The molecular weight excluding hydrogens is 717 g/mol. The van der Waals surface area contributed by atoms with Gasteiger partial charge in [-0.25, -0.2) is 0 Å². The largest absolute Gasteiger partial charge is 0.461 e. The minimum Gasteiger partial charge on any atom is -0.461 e. The summed E-state index contributed by atoms with van der Waals surface area (Å²) in [7, 11) is 3.31. The zero-order valence-corrected chi connectivity index (χ0v) is 30.2. The molecule has 0 radical (unpaired) electrons. The molecule has 2 aromatic heterocycles. The van der Waals surface area contributed by atoms with Crippen molar-refractivity contribution in [2.45, 2.75) is 76.5 Å². The van der Waals surface area contributed by atoms with Gasteiger partial charge in [0.15, 0.2) is 5.69 Å². The molecule has 13 nitrogen and oxygen atoms in total. The third-order valence-electron chi connectivity index (χ3n) is 11.0. The van der Waals surface area contributed by atoms with E-state index < -0.39 is 40.9 Å². The van der Waals surface area contributed by atoms with Gasteiger partial charge in [-0.1, -0.05) is 0 Å². The van der Waals surface area contributed by atoms with E-state index in [2.05, 4.69) is 10.00 Å². The summed E-state index contributed by atoms with van der Waals surface area (Å²) < 4.78 is 84.3. The summed E-state index contributed by atoms with van der Waals surface area (Å²) in [6.07, 6.45) is -4.31. The minimum atomic E-state index is -4.95. The van der Waals surface area contributed by atoms with Gasteiger partial charge in [0.05, 0.1) is 47.3 Å². The zero-order valence-electron chi connectivity index (χ0n) is 30.2. The van der Waals surface area contributed by atoms with Crippen LogP contribution in [0.3, 0.4) is 0 Å². The predicted molar refractivity (Wildman–Crippen MR) is 186 cm³/mol. The van der Waals surface area contributed by atoms with Gasteiger partial charge < -0.3 is 30.7 Å². The SMILES string of the molecule is Cc1c(C(=O)N(C)C)nn2c1CN(c1nc(OC[C@]34CCCN3C[C@@H](C=C(F)F)C4)nc3c1COC(c1cc(N)cc(C(N)=O)c1C(F)(F)F)C3)CCC2. The van der Waals surface area contributed by atoms with Gasteiger partial charge in [-0.05, 0) is 68.8 Å². The molecular formula is C36H42F5N9O4. The zero-order chi connectivity index (χ0) is 38.7. The molecule has 3 aromatic rings. The Morgan fingerprint density at radius 2 is 1.93 bits per heavy atom. The number of primary amides is 1. The van der Waals surface area contributed by atoms with Crippen LogP contribution in [0.4, 0.5) is 33.5 Å². The molecule has 6 heterocycles. The van der Waals surface area contributed by atoms with Gasteiger partial charge in [0.1, 0.15) is 12.4 Å². The lowest BCUT2D eigenvalue weighted by Crippen LogP contribution is -2.43. The highest BCUT2D eigenvalue weighted by Gasteiger charge is 2.49. The Balaban J connectivity index is 1.27. The fraction of sp³-hybridized carbons (Fsp3) is 0.528. The number of nitrogens with zero attached hydrogens (tertiary/aromatic N) is 7. The summed E-state index contributed by atoms with van der Waals surface area (Å²) in [5.41, 5.74) is 11.2. The van der Waals surface area contributed by atoms with Gasteiger partial charge in [0, 0.05) is 57.0 Å². The second-order valence-corrected chi connectivity index (χ2v) is 14.8. The number of aryl methyl sites for hydroxylation is 1. The van der Waals surface area contributed by atoms with Crippen LogP contribution in [-0.2, 0) is 37.0 Å². The van der Waals surface area contributed by atoms with E-state index >= 15 is 0 Å². The molecule has 2 fully saturated rings. The number of hydrogen-bond donors (Lipinski definition) is 2. The number of anilines is 2. The summed E-state index contributed by atoms with van der Waals surface area (Å²) in [6, 6.07) is 2.02. The van der Waals surface area contributed by atoms with Crippen LogP contribution in [0.5, 0.6) is 6.01 Å². The van der Waals surface area contributed by atoms with E-state index in [1.165, 1.54) is 4.90 Å². The van der Waals surface area contributed by atoms with E-state index in [1.807, 2.05) is 16.5 Å². The molecule has 0 bridgehead atoms. The van der Waals surface area contributed by atoms with E-state index in [4.69, 9.17) is 30.9 Å². The molecule has 4 aliphatic heterocycles. The van der Waals surface area contributed by atoms with E-state index in [-0.39, 0.29) is 48.7 Å². The number of halogens is 5. The Morgan fingerprint density at radius 1 is 1.15 bits per heavy atom. The number of nitrogen functional groups attached to an aromatic ring is 1. The first-order valence-electron chi connectivity index (χ1n) is 17.8. The highest BCUT2D eigenvalue weighted by atomic mass is 19.4. The van der Waals surface area contributed by atoms with Crippen LogP contribution < -0.4 is 21.1 Å². The highest BCUT2D eigenvalue weighted by molar-refractivity contribution is 5.96. The quantitative estimate of drug-likeness (QED) is 0.245. The first kappa shape index (κ1) is 37.5. The van der Waals surface area contributed by atoms with Crippen molar-refractivity contribution in [2.75, 3.05) is 51.0 Å². The number of carbonyl (C=O) groups is 2. The number of alkyl halides is 3. The summed E-state index contributed by atoms with van der Waals surface area (Å²) in [6.45, 7) is 4.37. The first-order valence-corrected chi connectivity index (χ1v) is 17.8. The molecule has 4 aliphatic rings. The molecule has 4 N–H and O–H groups in total. The lowest BCUT2D eigenvalue weighted by atomic mass is 9.91. The van der Waals surface area contributed by atoms with Crippen molar-refractivity contribution in [3.8, 4) is 6.01 Å². The minimum absolute atomic E-state index is 0.0133. The lowest BCUT2D eigenvalue weighted by Gasteiger charge is -2.33. The van der Waals surface area contributed by atoms with Crippen LogP contribution >= 0.6 is 0 Å². The van der Waals surface area contributed by atoms with Crippen LogP contribution in [0.2, 0.25) is 0 Å². The molecule has 54 heavy (non-hydrogen) atoms. The molecule has 1 aromatic carbocycles. The van der Waals surface area contributed by atoms with Crippen LogP contribution in [0, 0.1) is 12.8 Å². The van der Waals surface area contributed by atoms with Crippen LogP contribution in [0.25, 0.3) is 0 Å². The molecule has 2 amide bonds. The van der Waals surface area contributed by atoms with E-state index in [1.54, 1.807) is 14.1 Å². The van der Waals surface area contributed by atoms with E-state index in [0.29, 0.717) is 61.8 Å². The molecule has 0 aliphatic carbocycles. The van der Waals surface area contributed by atoms with Gasteiger partial charge >= 0.3 is 12.2 Å². The van der Waals surface area contributed by atoms with Gasteiger partial charge in [-0.15, -0.1) is 0 Å². The number of fused-ring (bicyclic) bond motifs is 3. The second-order valence-electron chi connectivity index (χ2n) is 14.8. The number of aromatic nitrogens is 4. The number of amides is 2. The number of ether oxygens (including phenoxy) is 2. The van der Waals surface area contributed by atoms with Crippen LogP contribution in [-0.4, -0.2) is 87.2 Å². The molecule has 0 saturated carbocycles. The molecule has 1 unspecified atom stereocenters. The second kappa shape index (κ2) is 14.1. The van der Waals surface area contributed by atoms with Gasteiger partial charge in [0.2, 0.25) is 5.91 Å². The fourth-order valence-corrected chi connectivity index (χ4v) is 8.50. The Hall–Kier alpha value is -4.84. The maximum atomic E-state index is 14.5. The fourth-order valence-electron chi connectivity index (χ4n) is 8.50. The van der Waals surface area contributed by atoms with Gasteiger partial charge in [-0.2, -0.15) is 37.0 Å².